The Morgan fingerprint density at radius 2 is 1.86 bits per heavy atom. The molecule has 0 aliphatic carbocycles. The summed E-state index contributed by atoms with van der Waals surface area (Å²) in [5, 5.41) is 6.87. The summed E-state index contributed by atoms with van der Waals surface area (Å²) in [5.41, 5.74) is -0.0244. The van der Waals surface area contributed by atoms with Crippen molar-refractivity contribution in [2.75, 3.05) is 26.7 Å². The number of nitrogens with zero attached hydrogens (tertiary/aromatic N) is 3. The number of aliphatic imine (C=N–C) groups is 1. The van der Waals surface area contributed by atoms with Crippen molar-refractivity contribution in [1.82, 2.24) is 20.5 Å². The number of hydrogen-bond donors (Lipinski definition) is 2. The van der Waals surface area contributed by atoms with E-state index in [2.05, 4.69) is 60.1 Å². The summed E-state index contributed by atoms with van der Waals surface area (Å²) in [4.78, 5) is 11.4. The summed E-state index contributed by atoms with van der Waals surface area (Å²) < 4.78 is 5.86. The Labute approximate surface area is 188 Å². The molecule has 0 aromatic carbocycles. The Morgan fingerprint density at radius 3 is 2.36 bits per heavy atom. The summed E-state index contributed by atoms with van der Waals surface area (Å²) in [6.45, 7) is 14.9. The summed E-state index contributed by atoms with van der Waals surface area (Å²) in [6.07, 6.45) is 6.91. The SMILES string of the molecule is CCC(CC)C(CNC(=NC)NCc1ncc(C(C)(C)C)o1)N1CCCC1.I. The van der Waals surface area contributed by atoms with Crippen LogP contribution in [0.4, 0.5) is 0 Å². The number of nitrogens with one attached hydrogen (secondary N) is 2. The lowest BCUT2D eigenvalue weighted by Crippen LogP contribution is -2.49. The molecule has 1 aromatic rings. The van der Waals surface area contributed by atoms with Crippen molar-refractivity contribution < 1.29 is 4.42 Å². The van der Waals surface area contributed by atoms with Gasteiger partial charge in [0.2, 0.25) is 5.89 Å². The topological polar surface area (TPSA) is 65.7 Å². The molecule has 1 aromatic heterocycles. The molecule has 7 heteroatoms. The van der Waals surface area contributed by atoms with Crippen molar-refractivity contribution in [3.05, 3.63) is 17.8 Å². The van der Waals surface area contributed by atoms with Gasteiger partial charge in [-0.3, -0.25) is 9.89 Å². The highest BCUT2D eigenvalue weighted by Crippen LogP contribution is 2.23. The number of hydrogen-bond acceptors (Lipinski definition) is 4. The predicted molar refractivity (Wildman–Crippen MR) is 127 cm³/mol. The van der Waals surface area contributed by atoms with E-state index in [1.54, 1.807) is 0 Å². The normalized spacial score (nSPS) is 16.9. The minimum atomic E-state index is -0.0244. The summed E-state index contributed by atoms with van der Waals surface area (Å²) in [6, 6.07) is 0.565. The third kappa shape index (κ3) is 7.21. The molecule has 0 radical (unpaired) electrons. The average Bonchev–Trinajstić information content (AvgIpc) is 3.32. The smallest absolute Gasteiger partial charge is 0.213 e. The van der Waals surface area contributed by atoms with Crippen molar-refractivity contribution in [3.8, 4) is 0 Å². The number of guanidine groups is 1. The van der Waals surface area contributed by atoms with Gasteiger partial charge in [0.05, 0.1) is 12.7 Å². The van der Waals surface area contributed by atoms with E-state index in [4.69, 9.17) is 4.42 Å². The first-order chi connectivity index (χ1) is 12.9. The van der Waals surface area contributed by atoms with E-state index in [1.165, 1.54) is 38.8 Å². The number of likely N-dealkylation sites (tertiary alicyclic amines) is 1. The minimum Gasteiger partial charge on any atom is -0.443 e. The van der Waals surface area contributed by atoms with E-state index >= 15 is 0 Å². The molecule has 2 N–H and O–H groups in total. The monoisotopic (exact) mass is 505 g/mol. The van der Waals surface area contributed by atoms with Gasteiger partial charge in [-0.15, -0.1) is 24.0 Å². The van der Waals surface area contributed by atoms with E-state index in [1.807, 2.05) is 13.2 Å². The Morgan fingerprint density at radius 1 is 1.21 bits per heavy atom. The van der Waals surface area contributed by atoms with Crippen molar-refractivity contribution in [1.29, 1.82) is 0 Å². The van der Waals surface area contributed by atoms with Crippen LogP contribution in [0, 0.1) is 5.92 Å². The minimum absolute atomic E-state index is 0. The quantitative estimate of drug-likeness (QED) is 0.316. The standard InChI is InChI=1S/C21H39N5O.HI/c1-7-16(8-2)17(26-11-9-10-12-26)13-24-20(22-6)25-15-19-23-14-18(27-19)21(3,4)5;/h14,16-17H,7-13,15H2,1-6H3,(H2,22,24,25);1H. The van der Waals surface area contributed by atoms with Crippen LogP contribution in [0.5, 0.6) is 0 Å². The fourth-order valence-electron chi connectivity index (χ4n) is 3.82. The second kappa shape index (κ2) is 12.0. The summed E-state index contributed by atoms with van der Waals surface area (Å²) >= 11 is 0. The second-order valence-electron chi connectivity index (χ2n) is 8.56. The molecule has 1 fully saturated rings. The molecule has 2 rings (SSSR count). The fraction of sp³-hybridized carbons (Fsp3) is 0.810. The first kappa shape index (κ1) is 25.2. The number of oxazole rings is 1. The van der Waals surface area contributed by atoms with Crippen molar-refractivity contribution in [3.63, 3.8) is 0 Å². The molecule has 6 nitrogen and oxygen atoms in total. The molecule has 0 spiro atoms. The Bertz CT molecular complexity index is 584. The van der Waals surface area contributed by atoms with E-state index in [-0.39, 0.29) is 29.4 Å². The second-order valence-corrected chi connectivity index (χ2v) is 8.56. The van der Waals surface area contributed by atoms with Crippen LogP contribution in [-0.2, 0) is 12.0 Å². The molecule has 1 aliphatic heterocycles. The van der Waals surface area contributed by atoms with Crippen LogP contribution in [0.1, 0.15) is 72.0 Å². The first-order valence-corrected chi connectivity index (χ1v) is 10.5. The number of aromatic nitrogens is 1. The van der Waals surface area contributed by atoms with Gasteiger partial charge >= 0.3 is 0 Å². The van der Waals surface area contributed by atoms with Crippen molar-refractivity contribution in [2.24, 2.45) is 10.9 Å². The molecule has 1 aliphatic rings. The lowest BCUT2D eigenvalue weighted by atomic mass is 9.93. The number of rotatable bonds is 8. The molecule has 0 bridgehead atoms. The zero-order valence-corrected chi connectivity index (χ0v) is 20.9. The van der Waals surface area contributed by atoms with Crippen LogP contribution in [0.2, 0.25) is 0 Å². The lowest BCUT2D eigenvalue weighted by Gasteiger charge is -2.34. The van der Waals surface area contributed by atoms with E-state index < -0.39 is 0 Å². The molecule has 1 atom stereocenters. The van der Waals surface area contributed by atoms with Gasteiger partial charge in [-0.05, 0) is 31.8 Å². The first-order valence-electron chi connectivity index (χ1n) is 10.5. The maximum absolute atomic E-state index is 5.86. The average molecular weight is 505 g/mol. The van der Waals surface area contributed by atoms with Gasteiger partial charge in [-0.25, -0.2) is 4.98 Å². The maximum atomic E-state index is 5.86. The molecule has 162 valence electrons. The highest BCUT2D eigenvalue weighted by atomic mass is 127. The molecule has 0 saturated carbocycles. The van der Waals surface area contributed by atoms with Gasteiger partial charge in [-0.2, -0.15) is 0 Å². The third-order valence-corrected chi connectivity index (χ3v) is 5.60. The summed E-state index contributed by atoms with van der Waals surface area (Å²) in [5.74, 6) is 3.12. The highest BCUT2D eigenvalue weighted by molar-refractivity contribution is 14.0. The zero-order chi connectivity index (χ0) is 19.9. The molecule has 1 unspecified atom stereocenters. The summed E-state index contributed by atoms with van der Waals surface area (Å²) in [7, 11) is 1.81. The molecular weight excluding hydrogens is 465 g/mol. The highest BCUT2D eigenvalue weighted by Gasteiger charge is 2.27. The largest absolute Gasteiger partial charge is 0.443 e. The van der Waals surface area contributed by atoms with Crippen molar-refractivity contribution in [2.45, 2.75) is 78.3 Å². The van der Waals surface area contributed by atoms with Crippen molar-refractivity contribution >= 4 is 29.9 Å². The van der Waals surface area contributed by atoms with Gasteiger partial charge in [0.1, 0.15) is 5.76 Å². The van der Waals surface area contributed by atoms with Gasteiger partial charge in [0, 0.05) is 25.0 Å². The van der Waals surface area contributed by atoms with E-state index in [0.717, 1.165) is 24.2 Å². The predicted octanol–water partition coefficient (Wildman–Crippen LogP) is 4.16. The van der Waals surface area contributed by atoms with Gasteiger partial charge in [-0.1, -0.05) is 47.5 Å². The number of halogens is 1. The van der Waals surface area contributed by atoms with E-state index in [9.17, 15) is 0 Å². The molecule has 28 heavy (non-hydrogen) atoms. The zero-order valence-electron chi connectivity index (χ0n) is 18.5. The van der Waals surface area contributed by atoms with Crippen LogP contribution in [-0.4, -0.2) is 48.6 Å². The molecular formula is C21H40IN5O. The fourth-order valence-corrected chi connectivity index (χ4v) is 3.82. The Kier molecular flexibility index (Phi) is 10.8. The molecule has 1 saturated heterocycles. The van der Waals surface area contributed by atoms with E-state index in [0.29, 0.717) is 18.5 Å². The van der Waals surface area contributed by atoms with Crippen LogP contribution in [0.15, 0.2) is 15.6 Å². The van der Waals surface area contributed by atoms with Gasteiger partial charge in [0.25, 0.3) is 0 Å². The Balaban J connectivity index is 0.00000392. The van der Waals surface area contributed by atoms with Gasteiger partial charge < -0.3 is 15.1 Å². The van der Waals surface area contributed by atoms with Crippen LogP contribution < -0.4 is 10.6 Å². The van der Waals surface area contributed by atoms with Crippen LogP contribution in [0.3, 0.4) is 0 Å². The van der Waals surface area contributed by atoms with Gasteiger partial charge in [0.15, 0.2) is 5.96 Å². The molecule has 0 amide bonds. The van der Waals surface area contributed by atoms with Crippen LogP contribution >= 0.6 is 24.0 Å². The molecule has 2 heterocycles. The third-order valence-electron chi connectivity index (χ3n) is 5.60. The maximum Gasteiger partial charge on any atom is 0.213 e. The Hall–Kier alpha value is -0.830. The lowest BCUT2D eigenvalue weighted by molar-refractivity contribution is 0.166. The van der Waals surface area contributed by atoms with Crippen LogP contribution in [0.25, 0.3) is 0 Å².